The molecule has 2 aromatic carbocycles. The maximum absolute atomic E-state index is 9.77. The number of aliphatic hydroxyl groups excluding tert-OH is 1. The maximum Gasteiger partial charge on any atom is 0.203 e. The number of aromatic hydroxyl groups is 1. The second kappa shape index (κ2) is 7.99. The zero-order chi connectivity index (χ0) is 16.8. The van der Waals surface area contributed by atoms with Gasteiger partial charge in [0.05, 0.1) is 33.2 Å². The number of ether oxygens (including phenoxy) is 3. The van der Waals surface area contributed by atoms with Gasteiger partial charge in [-0.05, 0) is 42.0 Å². The summed E-state index contributed by atoms with van der Waals surface area (Å²) < 4.78 is 16.0. The van der Waals surface area contributed by atoms with Crippen molar-refractivity contribution < 1.29 is 24.4 Å². The molecule has 0 fully saturated rings. The fourth-order valence-electron chi connectivity index (χ4n) is 2.19. The third-order valence-electron chi connectivity index (χ3n) is 3.34. The van der Waals surface area contributed by atoms with Gasteiger partial charge in [-0.3, -0.25) is 0 Å². The lowest BCUT2D eigenvalue weighted by molar-refractivity contribution is 0.294. The Morgan fingerprint density at radius 3 is 1.96 bits per heavy atom. The average Bonchev–Trinajstić information content (AvgIpc) is 2.59. The van der Waals surface area contributed by atoms with E-state index in [-0.39, 0.29) is 17.6 Å². The number of phenolic OH excluding ortho intramolecular Hbond substituents is 1. The van der Waals surface area contributed by atoms with Crippen molar-refractivity contribution in [2.24, 2.45) is 0 Å². The number of benzene rings is 2. The predicted octanol–water partition coefficient (Wildman–Crippen LogP) is 3.24. The summed E-state index contributed by atoms with van der Waals surface area (Å²) in [6, 6.07) is 10.5. The van der Waals surface area contributed by atoms with Crippen LogP contribution in [0.5, 0.6) is 23.0 Å². The van der Waals surface area contributed by atoms with E-state index in [1.54, 1.807) is 45.6 Å². The van der Waals surface area contributed by atoms with Crippen LogP contribution >= 0.6 is 11.8 Å². The summed E-state index contributed by atoms with van der Waals surface area (Å²) in [5, 5.41) is 18.9. The highest BCUT2D eigenvalue weighted by Gasteiger charge is 2.19. The molecule has 0 bridgehead atoms. The molecule has 0 aliphatic rings. The van der Waals surface area contributed by atoms with Gasteiger partial charge in [-0.1, -0.05) is 0 Å². The molecular weight excluding hydrogens is 316 g/mol. The van der Waals surface area contributed by atoms with Crippen molar-refractivity contribution in [3.8, 4) is 23.0 Å². The molecule has 0 saturated carbocycles. The Morgan fingerprint density at radius 1 is 0.957 bits per heavy atom. The Morgan fingerprint density at radius 2 is 1.52 bits per heavy atom. The molecule has 0 aromatic heterocycles. The van der Waals surface area contributed by atoms with E-state index in [9.17, 15) is 10.2 Å². The van der Waals surface area contributed by atoms with Gasteiger partial charge in [-0.2, -0.15) is 0 Å². The van der Waals surface area contributed by atoms with Crippen molar-refractivity contribution in [2.75, 3.05) is 27.9 Å². The van der Waals surface area contributed by atoms with Gasteiger partial charge in [0.1, 0.15) is 5.75 Å². The largest absolute Gasteiger partial charge is 0.508 e. The average molecular weight is 336 g/mol. The van der Waals surface area contributed by atoms with Crippen molar-refractivity contribution in [3.05, 3.63) is 42.0 Å². The van der Waals surface area contributed by atoms with Crippen LogP contribution in [0.3, 0.4) is 0 Å². The Balaban J connectivity index is 2.35. The van der Waals surface area contributed by atoms with Crippen molar-refractivity contribution in [1.29, 1.82) is 0 Å². The summed E-state index contributed by atoms with van der Waals surface area (Å²) in [4.78, 5) is 0.940. The molecule has 0 spiro atoms. The Labute approximate surface area is 139 Å². The fraction of sp³-hybridized carbons (Fsp3) is 0.294. The number of hydrogen-bond acceptors (Lipinski definition) is 6. The van der Waals surface area contributed by atoms with Gasteiger partial charge < -0.3 is 24.4 Å². The van der Waals surface area contributed by atoms with E-state index in [2.05, 4.69) is 0 Å². The van der Waals surface area contributed by atoms with Gasteiger partial charge in [-0.25, -0.2) is 0 Å². The van der Waals surface area contributed by atoms with Crippen LogP contribution in [0.25, 0.3) is 0 Å². The zero-order valence-corrected chi connectivity index (χ0v) is 14.1. The molecule has 0 heterocycles. The Kier molecular flexibility index (Phi) is 6.01. The van der Waals surface area contributed by atoms with Gasteiger partial charge >= 0.3 is 0 Å². The first-order chi connectivity index (χ1) is 11.1. The van der Waals surface area contributed by atoms with Crippen molar-refractivity contribution in [3.63, 3.8) is 0 Å². The number of methoxy groups -OCH3 is 3. The zero-order valence-electron chi connectivity index (χ0n) is 13.3. The van der Waals surface area contributed by atoms with Crippen molar-refractivity contribution >= 4 is 11.8 Å². The van der Waals surface area contributed by atoms with Crippen LogP contribution in [0.1, 0.15) is 10.8 Å². The molecule has 2 rings (SSSR count). The van der Waals surface area contributed by atoms with Crippen LogP contribution in [-0.4, -0.2) is 38.1 Å². The summed E-state index contributed by atoms with van der Waals surface area (Å²) >= 11 is 1.49. The Hall–Kier alpha value is -2.05. The number of thioether (sulfide) groups is 1. The van der Waals surface area contributed by atoms with Crippen LogP contribution in [0.2, 0.25) is 0 Å². The van der Waals surface area contributed by atoms with E-state index in [4.69, 9.17) is 14.2 Å². The molecule has 23 heavy (non-hydrogen) atoms. The van der Waals surface area contributed by atoms with E-state index in [1.807, 2.05) is 12.1 Å². The molecule has 5 nitrogen and oxygen atoms in total. The molecule has 0 aliphatic carbocycles. The summed E-state index contributed by atoms with van der Waals surface area (Å²) in [7, 11) is 4.67. The third kappa shape index (κ3) is 4.03. The van der Waals surface area contributed by atoms with Gasteiger partial charge in [0.25, 0.3) is 0 Å². The molecule has 2 N–H and O–H groups in total. The van der Waals surface area contributed by atoms with Crippen molar-refractivity contribution in [2.45, 2.75) is 10.1 Å². The molecule has 6 heteroatoms. The van der Waals surface area contributed by atoms with Crippen LogP contribution in [0.15, 0.2) is 41.3 Å². The lowest BCUT2D eigenvalue weighted by Gasteiger charge is -2.19. The second-order valence-corrected chi connectivity index (χ2v) is 6.02. The monoisotopic (exact) mass is 336 g/mol. The minimum atomic E-state index is -0.201. The highest BCUT2D eigenvalue weighted by atomic mass is 32.2. The van der Waals surface area contributed by atoms with E-state index in [1.165, 1.54) is 11.8 Å². The van der Waals surface area contributed by atoms with E-state index >= 15 is 0 Å². The molecule has 1 unspecified atom stereocenters. The lowest BCUT2D eigenvalue weighted by Crippen LogP contribution is -2.03. The highest BCUT2D eigenvalue weighted by molar-refractivity contribution is 7.99. The summed E-state index contributed by atoms with van der Waals surface area (Å²) in [6.45, 7) is -0.0514. The third-order valence-corrected chi connectivity index (χ3v) is 4.59. The molecule has 1 atom stereocenters. The molecular formula is C17H20O5S. The Bertz CT molecular complexity index is 617. The van der Waals surface area contributed by atoms with Crippen LogP contribution < -0.4 is 14.2 Å². The predicted molar refractivity (Wildman–Crippen MR) is 89.9 cm³/mol. The number of aliphatic hydroxyl groups is 1. The summed E-state index contributed by atoms with van der Waals surface area (Å²) in [6.07, 6.45) is 0. The molecule has 0 saturated heterocycles. The first-order valence-corrected chi connectivity index (χ1v) is 7.87. The van der Waals surface area contributed by atoms with Gasteiger partial charge in [-0.15, -0.1) is 11.8 Å². The minimum Gasteiger partial charge on any atom is -0.508 e. The first-order valence-electron chi connectivity index (χ1n) is 6.99. The topological polar surface area (TPSA) is 68.2 Å². The molecule has 124 valence electrons. The SMILES string of the molecule is COc1cc(C(CO)Sc2ccc(O)cc2)cc(OC)c1OC. The fourth-order valence-corrected chi connectivity index (χ4v) is 3.16. The number of hydrogen-bond donors (Lipinski definition) is 2. The van der Waals surface area contributed by atoms with Crippen molar-refractivity contribution in [1.82, 2.24) is 0 Å². The van der Waals surface area contributed by atoms with Crippen LogP contribution in [0.4, 0.5) is 0 Å². The second-order valence-electron chi connectivity index (χ2n) is 4.74. The first kappa shape index (κ1) is 17.3. The smallest absolute Gasteiger partial charge is 0.203 e. The minimum absolute atomic E-state index is 0.0514. The number of phenols is 1. The van der Waals surface area contributed by atoms with Gasteiger partial charge in [0.2, 0.25) is 5.75 Å². The van der Waals surface area contributed by atoms with Gasteiger partial charge in [0, 0.05) is 4.90 Å². The van der Waals surface area contributed by atoms with E-state index < -0.39 is 0 Å². The summed E-state index contributed by atoms with van der Waals surface area (Å²) in [5.41, 5.74) is 0.861. The van der Waals surface area contributed by atoms with Crippen LogP contribution in [0, 0.1) is 0 Å². The quantitative estimate of drug-likeness (QED) is 0.757. The standard InChI is InChI=1S/C17H20O5S/c1-20-14-8-11(9-15(21-2)17(14)22-3)16(10-18)23-13-6-4-12(19)5-7-13/h4-9,16,18-19H,10H2,1-3H3. The lowest BCUT2D eigenvalue weighted by atomic mass is 10.1. The van der Waals surface area contributed by atoms with Crippen LogP contribution in [-0.2, 0) is 0 Å². The number of rotatable bonds is 7. The van der Waals surface area contributed by atoms with Gasteiger partial charge in [0.15, 0.2) is 11.5 Å². The summed E-state index contributed by atoms with van der Waals surface area (Å²) in [5.74, 6) is 1.82. The normalized spacial score (nSPS) is 11.8. The molecule has 0 radical (unpaired) electrons. The maximum atomic E-state index is 9.77. The van der Waals surface area contributed by atoms with E-state index in [0.717, 1.165) is 10.5 Å². The highest BCUT2D eigenvalue weighted by Crippen LogP contribution is 2.43. The molecule has 0 aliphatic heterocycles. The molecule has 2 aromatic rings. The van der Waals surface area contributed by atoms with E-state index in [0.29, 0.717) is 17.2 Å². The molecule has 0 amide bonds.